The van der Waals surface area contributed by atoms with Gasteiger partial charge in [-0.1, -0.05) is 6.07 Å². The molecule has 2 aliphatic rings. The number of ketones is 1. The van der Waals surface area contributed by atoms with Crippen molar-refractivity contribution in [3.8, 4) is 0 Å². The molecule has 134 valence electrons. The summed E-state index contributed by atoms with van der Waals surface area (Å²) in [6.45, 7) is 1.03. The highest BCUT2D eigenvalue weighted by molar-refractivity contribution is 7.89. The van der Waals surface area contributed by atoms with Crippen molar-refractivity contribution in [3.05, 3.63) is 29.8 Å². The summed E-state index contributed by atoms with van der Waals surface area (Å²) in [5, 5.41) is 4.02. The van der Waals surface area contributed by atoms with Gasteiger partial charge in [0.1, 0.15) is 5.78 Å². The fraction of sp³-hybridized carbons (Fsp3) is 0.471. The summed E-state index contributed by atoms with van der Waals surface area (Å²) in [6, 6.07) is 5.96. The lowest BCUT2D eigenvalue weighted by atomic mass is 9.97. The van der Waals surface area contributed by atoms with Crippen molar-refractivity contribution in [2.24, 2.45) is 5.10 Å². The Morgan fingerprint density at radius 2 is 1.88 bits per heavy atom. The summed E-state index contributed by atoms with van der Waals surface area (Å²) in [4.78, 5) is 23.8. The molecule has 1 aliphatic heterocycles. The van der Waals surface area contributed by atoms with Crippen molar-refractivity contribution in [3.63, 3.8) is 0 Å². The minimum Gasteiger partial charge on any atom is -0.299 e. The van der Waals surface area contributed by atoms with Gasteiger partial charge in [0.15, 0.2) is 0 Å². The molecular weight excluding hydrogens is 342 g/mol. The molecule has 1 saturated carbocycles. The zero-order chi connectivity index (χ0) is 17.9. The first kappa shape index (κ1) is 17.8. The first-order valence-electron chi connectivity index (χ1n) is 8.44. The maximum Gasteiger partial charge on any atom is 0.271 e. The number of hydrogen-bond acceptors (Lipinski definition) is 5. The van der Waals surface area contributed by atoms with Gasteiger partial charge in [0.25, 0.3) is 5.91 Å². The Morgan fingerprint density at radius 3 is 2.60 bits per heavy atom. The number of Topliss-reactive ketones (excluding diaryl/α,β-unsaturated/α-hetero) is 1. The van der Waals surface area contributed by atoms with Gasteiger partial charge in [0.2, 0.25) is 10.0 Å². The van der Waals surface area contributed by atoms with Crippen molar-refractivity contribution >= 4 is 27.4 Å². The average molecular weight is 363 g/mol. The van der Waals surface area contributed by atoms with E-state index < -0.39 is 15.9 Å². The van der Waals surface area contributed by atoms with Crippen molar-refractivity contribution in [1.82, 2.24) is 9.73 Å². The van der Waals surface area contributed by atoms with E-state index in [1.54, 1.807) is 12.1 Å². The summed E-state index contributed by atoms with van der Waals surface area (Å²) in [5.74, 6) is -0.359. The van der Waals surface area contributed by atoms with Crippen LogP contribution in [0.15, 0.2) is 34.3 Å². The molecule has 0 bridgehead atoms. The van der Waals surface area contributed by atoms with Gasteiger partial charge >= 0.3 is 0 Å². The molecule has 0 unspecified atom stereocenters. The molecular formula is C17H21N3O4S. The second-order valence-electron chi connectivity index (χ2n) is 6.33. The topological polar surface area (TPSA) is 95.9 Å². The number of carbonyl (C=O) groups is 2. The molecule has 1 amide bonds. The molecule has 1 heterocycles. The maximum atomic E-state index is 12.6. The summed E-state index contributed by atoms with van der Waals surface area (Å²) >= 11 is 0. The number of amides is 1. The van der Waals surface area contributed by atoms with Crippen LogP contribution in [-0.4, -0.2) is 43.2 Å². The van der Waals surface area contributed by atoms with Crippen molar-refractivity contribution in [2.45, 2.75) is 43.4 Å². The fourth-order valence-electron chi connectivity index (χ4n) is 3.06. The zero-order valence-electron chi connectivity index (χ0n) is 13.9. The first-order chi connectivity index (χ1) is 12.0. The Hall–Kier alpha value is -2.06. The van der Waals surface area contributed by atoms with Gasteiger partial charge in [-0.05, 0) is 43.9 Å². The van der Waals surface area contributed by atoms with Crippen LogP contribution in [-0.2, 0) is 14.8 Å². The van der Waals surface area contributed by atoms with Gasteiger partial charge in [0.05, 0.1) is 4.90 Å². The van der Waals surface area contributed by atoms with Crippen molar-refractivity contribution in [2.75, 3.05) is 13.1 Å². The number of nitrogens with one attached hydrogen (secondary N) is 1. The summed E-state index contributed by atoms with van der Waals surface area (Å²) < 4.78 is 26.6. The van der Waals surface area contributed by atoms with Gasteiger partial charge in [-0.3, -0.25) is 9.59 Å². The molecule has 1 aromatic carbocycles. The second kappa shape index (κ2) is 7.45. The van der Waals surface area contributed by atoms with Crippen LogP contribution in [0.5, 0.6) is 0 Å². The van der Waals surface area contributed by atoms with E-state index in [2.05, 4.69) is 10.5 Å². The van der Waals surface area contributed by atoms with Crippen LogP contribution in [0.2, 0.25) is 0 Å². The zero-order valence-corrected chi connectivity index (χ0v) is 14.7. The van der Waals surface area contributed by atoms with E-state index in [9.17, 15) is 18.0 Å². The highest BCUT2D eigenvalue weighted by Gasteiger charge is 2.27. The molecule has 0 spiro atoms. The van der Waals surface area contributed by atoms with Crippen LogP contribution in [0.25, 0.3) is 0 Å². The number of sulfonamides is 1. The van der Waals surface area contributed by atoms with E-state index in [-0.39, 0.29) is 22.7 Å². The number of benzene rings is 1. The van der Waals surface area contributed by atoms with Crippen molar-refractivity contribution in [1.29, 1.82) is 0 Å². The predicted octanol–water partition coefficient (Wildman–Crippen LogP) is 1.70. The molecule has 8 heteroatoms. The van der Waals surface area contributed by atoms with Crippen LogP contribution >= 0.6 is 0 Å². The van der Waals surface area contributed by atoms with Crippen LogP contribution < -0.4 is 5.43 Å². The average Bonchev–Trinajstić information content (AvgIpc) is 3.15. The number of carbonyl (C=O) groups excluding carboxylic acids is 2. The lowest BCUT2D eigenvalue weighted by molar-refractivity contribution is -0.118. The van der Waals surface area contributed by atoms with Crippen LogP contribution in [0.1, 0.15) is 48.9 Å². The number of rotatable bonds is 4. The quantitative estimate of drug-likeness (QED) is 0.824. The minimum absolute atomic E-state index is 0.113. The number of hydrazone groups is 1. The molecule has 2 fully saturated rings. The normalized spacial score (nSPS) is 20.8. The molecule has 1 saturated heterocycles. The van der Waals surface area contributed by atoms with E-state index in [4.69, 9.17) is 0 Å². The first-order valence-corrected chi connectivity index (χ1v) is 9.88. The lowest BCUT2D eigenvalue weighted by Crippen LogP contribution is -2.28. The van der Waals surface area contributed by atoms with Crippen molar-refractivity contribution < 1.29 is 18.0 Å². The van der Waals surface area contributed by atoms with Gasteiger partial charge in [-0.2, -0.15) is 9.41 Å². The molecule has 25 heavy (non-hydrogen) atoms. The van der Waals surface area contributed by atoms with E-state index in [1.807, 2.05) is 0 Å². The van der Waals surface area contributed by atoms with Gasteiger partial charge in [-0.25, -0.2) is 13.8 Å². The fourth-order valence-corrected chi connectivity index (χ4v) is 4.62. The number of nitrogens with zero attached hydrogens (tertiary/aromatic N) is 2. The third-order valence-corrected chi connectivity index (χ3v) is 6.33. The Morgan fingerprint density at radius 1 is 1.12 bits per heavy atom. The lowest BCUT2D eigenvalue weighted by Gasteiger charge is -2.16. The van der Waals surface area contributed by atoms with Crippen LogP contribution in [0, 0.1) is 0 Å². The Balaban J connectivity index is 1.73. The molecule has 0 aromatic heterocycles. The molecule has 1 aromatic rings. The number of hydrogen-bond donors (Lipinski definition) is 1. The van der Waals surface area contributed by atoms with Gasteiger partial charge < -0.3 is 0 Å². The Kier molecular flexibility index (Phi) is 5.29. The third-order valence-electron chi connectivity index (χ3n) is 4.44. The molecule has 0 radical (unpaired) electrons. The molecule has 1 N–H and O–H groups in total. The standard InChI is InChI=1S/C17H21N3O4S/c21-15-7-4-6-14(12-15)18-19-17(22)13-5-3-8-16(11-13)25(23,24)20-9-1-2-10-20/h3,5,8,11H,1-2,4,6-7,9-10,12H2,(H,19,22). The predicted molar refractivity (Wildman–Crippen MR) is 92.8 cm³/mol. The van der Waals surface area contributed by atoms with Gasteiger partial charge in [-0.15, -0.1) is 0 Å². The smallest absolute Gasteiger partial charge is 0.271 e. The van der Waals surface area contributed by atoms with E-state index in [0.717, 1.165) is 19.3 Å². The van der Waals surface area contributed by atoms with Crippen LogP contribution in [0.3, 0.4) is 0 Å². The SMILES string of the molecule is O=C1CCCC(=NNC(=O)c2cccc(S(=O)(=O)N3CCCC3)c2)C1. The van der Waals surface area contributed by atoms with E-state index in [0.29, 0.717) is 31.6 Å². The maximum absolute atomic E-state index is 12.6. The molecule has 7 nitrogen and oxygen atoms in total. The van der Waals surface area contributed by atoms with Gasteiger partial charge in [0, 0.05) is 37.2 Å². The summed E-state index contributed by atoms with van der Waals surface area (Å²) in [7, 11) is -3.56. The largest absolute Gasteiger partial charge is 0.299 e. The third kappa shape index (κ3) is 4.13. The van der Waals surface area contributed by atoms with Crippen LogP contribution in [0.4, 0.5) is 0 Å². The van der Waals surface area contributed by atoms with E-state index >= 15 is 0 Å². The highest BCUT2D eigenvalue weighted by Crippen LogP contribution is 2.21. The second-order valence-corrected chi connectivity index (χ2v) is 8.26. The molecule has 1 aliphatic carbocycles. The van der Waals surface area contributed by atoms with E-state index in [1.165, 1.54) is 16.4 Å². The molecule has 0 atom stereocenters. The highest BCUT2D eigenvalue weighted by atomic mass is 32.2. The minimum atomic E-state index is -3.56. The Bertz CT molecular complexity index is 811. The Labute approximate surface area is 147 Å². The monoisotopic (exact) mass is 363 g/mol. The molecule has 3 rings (SSSR count). The summed E-state index contributed by atoms with van der Waals surface area (Å²) in [6.07, 6.45) is 3.98. The summed E-state index contributed by atoms with van der Waals surface area (Å²) in [5.41, 5.74) is 3.31.